The van der Waals surface area contributed by atoms with Crippen molar-refractivity contribution in [2.75, 3.05) is 13.1 Å². The summed E-state index contributed by atoms with van der Waals surface area (Å²) in [7, 11) is 0. The van der Waals surface area contributed by atoms with Crippen LogP contribution in [0.5, 0.6) is 0 Å². The minimum atomic E-state index is -0.210. The molecule has 1 aromatic rings. The number of hydrogen-bond acceptors (Lipinski definition) is 1. The van der Waals surface area contributed by atoms with Crippen LogP contribution in [0, 0.1) is 11.7 Å². The van der Waals surface area contributed by atoms with E-state index >= 15 is 0 Å². The van der Waals surface area contributed by atoms with Crippen LogP contribution in [0.25, 0.3) is 0 Å². The second-order valence-electron chi connectivity index (χ2n) is 4.65. The van der Waals surface area contributed by atoms with Gasteiger partial charge in [-0.2, -0.15) is 0 Å². The fourth-order valence-corrected chi connectivity index (χ4v) is 1.71. The first-order valence-corrected chi connectivity index (χ1v) is 6.54. The second-order valence-corrected chi connectivity index (χ2v) is 4.65. The zero-order valence-electron chi connectivity index (χ0n) is 11.2. The lowest BCUT2D eigenvalue weighted by Gasteiger charge is -2.10. The molecule has 1 aliphatic rings. The highest BCUT2D eigenvalue weighted by Crippen LogP contribution is 2.27. The topological polar surface area (TPSA) is 36.4 Å². The van der Waals surface area contributed by atoms with Crippen LogP contribution >= 0.6 is 24.0 Å². The van der Waals surface area contributed by atoms with Crippen molar-refractivity contribution in [3.8, 4) is 0 Å². The van der Waals surface area contributed by atoms with Gasteiger partial charge in [0.2, 0.25) is 0 Å². The number of nitrogens with zero attached hydrogens (tertiary/aromatic N) is 1. The number of aliphatic imine (C=N–C) groups is 1. The maximum Gasteiger partial charge on any atom is 0.191 e. The molecule has 0 atom stereocenters. The number of hydrogen-bond donors (Lipinski definition) is 2. The summed E-state index contributed by atoms with van der Waals surface area (Å²) in [5, 5.41) is 6.51. The van der Waals surface area contributed by atoms with E-state index in [1.807, 2.05) is 13.0 Å². The Balaban J connectivity index is 0.00000180. The van der Waals surface area contributed by atoms with Crippen molar-refractivity contribution < 1.29 is 4.39 Å². The molecule has 1 fully saturated rings. The molecule has 2 rings (SSSR count). The van der Waals surface area contributed by atoms with E-state index in [-0.39, 0.29) is 29.8 Å². The molecule has 0 bridgehead atoms. The van der Waals surface area contributed by atoms with Crippen molar-refractivity contribution in [2.24, 2.45) is 10.9 Å². The Bertz CT molecular complexity index is 419. The van der Waals surface area contributed by atoms with E-state index in [1.54, 1.807) is 6.07 Å². The molecule has 0 aromatic heterocycles. The molecule has 0 unspecified atom stereocenters. The SMILES string of the molecule is CCNC(=NCc1cccc(F)c1)NCC1CC1.I. The third-order valence-corrected chi connectivity index (χ3v) is 2.91. The van der Waals surface area contributed by atoms with Gasteiger partial charge in [0.05, 0.1) is 6.54 Å². The van der Waals surface area contributed by atoms with Crippen LogP contribution in [0.3, 0.4) is 0 Å². The van der Waals surface area contributed by atoms with Crippen molar-refractivity contribution in [3.63, 3.8) is 0 Å². The first-order chi connectivity index (χ1) is 8.78. The molecule has 0 heterocycles. The van der Waals surface area contributed by atoms with Gasteiger partial charge >= 0.3 is 0 Å². The first kappa shape index (κ1) is 16.2. The van der Waals surface area contributed by atoms with E-state index < -0.39 is 0 Å². The van der Waals surface area contributed by atoms with E-state index in [9.17, 15) is 4.39 Å². The zero-order valence-corrected chi connectivity index (χ0v) is 13.5. The quantitative estimate of drug-likeness (QED) is 0.470. The fourth-order valence-electron chi connectivity index (χ4n) is 1.71. The van der Waals surface area contributed by atoms with E-state index in [1.165, 1.54) is 25.0 Å². The van der Waals surface area contributed by atoms with E-state index in [0.717, 1.165) is 30.5 Å². The zero-order chi connectivity index (χ0) is 12.8. The van der Waals surface area contributed by atoms with Gasteiger partial charge in [0, 0.05) is 13.1 Å². The highest BCUT2D eigenvalue weighted by Gasteiger charge is 2.20. The molecule has 1 saturated carbocycles. The van der Waals surface area contributed by atoms with Gasteiger partial charge in [-0.3, -0.25) is 0 Å². The Morgan fingerprint density at radius 1 is 1.37 bits per heavy atom. The Morgan fingerprint density at radius 2 is 2.16 bits per heavy atom. The van der Waals surface area contributed by atoms with Crippen molar-refractivity contribution in [1.82, 2.24) is 10.6 Å². The molecule has 0 radical (unpaired) electrons. The lowest BCUT2D eigenvalue weighted by Crippen LogP contribution is -2.38. The van der Waals surface area contributed by atoms with Gasteiger partial charge in [-0.25, -0.2) is 9.38 Å². The summed E-state index contributed by atoms with van der Waals surface area (Å²) in [6.07, 6.45) is 2.63. The number of halogens is 2. The Hall–Kier alpha value is -0.850. The molecule has 106 valence electrons. The molecule has 19 heavy (non-hydrogen) atoms. The van der Waals surface area contributed by atoms with Crippen molar-refractivity contribution in [3.05, 3.63) is 35.6 Å². The van der Waals surface area contributed by atoms with Gasteiger partial charge in [0.1, 0.15) is 5.82 Å². The average molecular weight is 377 g/mol. The highest BCUT2D eigenvalue weighted by molar-refractivity contribution is 14.0. The van der Waals surface area contributed by atoms with Crippen LogP contribution in [-0.4, -0.2) is 19.0 Å². The van der Waals surface area contributed by atoms with Gasteiger partial charge in [-0.15, -0.1) is 24.0 Å². The second kappa shape index (κ2) is 8.35. The molecule has 5 heteroatoms. The number of guanidine groups is 1. The summed E-state index contributed by atoms with van der Waals surface area (Å²) in [5.74, 6) is 1.41. The van der Waals surface area contributed by atoms with Gasteiger partial charge in [0.15, 0.2) is 5.96 Å². The van der Waals surface area contributed by atoms with Crippen LogP contribution in [0.4, 0.5) is 4.39 Å². The fraction of sp³-hybridized carbons (Fsp3) is 0.500. The smallest absolute Gasteiger partial charge is 0.191 e. The van der Waals surface area contributed by atoms with Gasteiger partial charge in [-0.05, 0) is 43.4 Å². The lowest BCUT2D eigenvalue weighted by molar-refractivity contribution is 0.625. The molecule has 0 aliphatic heterocycles. The molecule has 0 saturated heterocycles. The van der Waals surface area contributed by atoms with Crippen LogP contribution < -0.4 is 10.6 Å². The summed E-state index contributed by atoms with van der Waals surface area (Å²) < 4.78 is 13.0. The van der Waals surface area contributed by atoms with Crippen LogP contribution in [0.1, 0.15) is 25.3 Å². The Morgan fingerprint density at radius 3 is 2.79 bits per heavy atom. The maximum atomic E-state index is 13.0. The van der Waals surface area contributed by atoms with Gasteiger partial charge < -0.3 is 10.6 Å². The monoisotopic (exact) mass is 377 g/mol. The third-order valence-electron chi connectivity index (χ3n) is 2.91. The molecule has 3 nitrogen and oxygen atoms in total. The molecular formula is C14H21FIN3. The predicted octanol–water partition coefficient (Wildman–Crippen LogP) is 2.91. The minimum Gasteiger partial charge on any atom is -0.357 e. The minimum absolute atomic E-state index is 0. The van der Waals surface area contributed by atoms with E-state index in [2.05, 4.69) is 15.6 Å². The molecule has 0 spiro atoms. The summed E-state index contributed by atoms with van der Waals surface area (Å²) in [5.41, 5.74) is 0.888. The number of nitrogens with one attached hydrogen (secondary N) is 2. The summed E-state index contributed by atoms with van der Waals surface area (Å²) >= 11 is 0. The lowest BCUT2D eigenvalue weighted by atomic mass is 10.2. The van der Waals surface area contributed by atoms with Crippen molar-refractivity contribution >= 4 is 29.9 Å². The van der Waals surface area contributed by atoms with Gasteiger partial charge in [-0.1, -0.05) is 12.1 Å². The molecule has 0 amide bonds. The van der Waals surface area contributed by atoms with Crippen molar-refractivity contribution in [2.45, 2.75) is 26.3 Å². The standard InChI is InChI=1S/C14H20FN3.HI/c1-2-16-14(17-9-11-6-7-11)18-10-12-4-3-5-13(15)8-12;/h3-5,8,11H,2,6-7,9-10H2,1H3,(H2,16,17,18);1H. The largest absolute Gasteiger partial charge is 0.357 e. The van der Waals surface area contributed by atoms with Crippen molar-refractivity contribution in [1.29, 1.82) is 0 Å². The summed E-state index contributed by atoms with van der Waals surface area (Å²) in [6.45, 7) is 4.35. The van der Waals surface area contributed by atoms with E-state index in [4.69, 9.17) is 0 Å². The van der Waals surface area contributed by atoms with Crippen LogP contribution in [-0.2, 0) is 6.54 Å². The Kier molecular flexibility index (Phi) is 7.12. The predicted molar refractivity (Wildman–Crippen MR) is 87.4 cm³/mol. The average Bonchev–Trinajstić information content (AvgIpc) is 3.17. The maximum absolute atomic E-state index is 13.0. The number of rotatable bonds is 5. The normalized spacial score (nSPS) is 14.7. The third kappa shape index (κ3) is 6.22. The number of benzene rings is 1. The Labute approximate surface area is 131 Å². The highest BCUT2D eigenvalue weighted by atomic mass is 127. The van der Waals surface area contributed by atoms with Gasteiger partial charge in [0.25, 0.3) is 0 Å². The first-order valence-electron chi connectivity index (χ1n) is 6.54. The molecule has 1 aliphatic carbocycles. The summed E-state index contributed by atoms with van der Waals surface area (Å²) in [4.78, 5) is 4.45. The molecule has 2 N–H and O–H groups in total. The van der Waals surface area contributed by atoms with Crippen LogP contribution in [0.2, 0.25) is 0 Å². The van der Waals surface area contributed by atoms with E-state index in [0.29, 0.717) is 6.54 Å². The van der Waals surface area contributed by atoms with Crippen LogP contribution in [0.15, 0.2) is 29.3 Å². The molecular weight excluding hydrogens is 356 g/mol. The molecule has 1 aromatic carbocycles. The summed E-state index contributed by atoms with van der Waals surface area (Å²) in [6, 6.07) is 6.57.